The summed E-state index contributed by atoms with van der Waals surface area (Å²) in [5.74, 6) is 0.697. The Kier molecular flexibility index (Phi) is 5.09. The first-order chi connectivity index (χ1) is 6.33. The third kappa shape index (κ3) is 4.44. The maximum absolute atomic E-state index is 5.56. The molecule has 1 aromatic heterocycles. The van der Waals surface area contributed by atoms with Crippen LogP contribution in [0.15, 0.2) is 16.8 Å². The predicted octanol–water partition coefficient (Wildman–Crippen LogP) is 3.35. The van der Waals surface area contributed by atoms with Crippen molar-refractivity contribution in [1.29, 1.82) is 0 Å². The Morgan fingerprint density at radius 1 is 1.54 bits per heavy atom. The van der Waals surface area contributed by atoms with Gasteiger partial charge in [-0.1, -0.05) is 20.3 Å². The van der Waals surface area contributed by atoms with Gasteiger partial charge in [0.1, 0.15) is 0 Å². The molecule has 1 aromatic rings. The van der Waals surface area contributed by atoms with Gasteiger partial charge in [-0.15, -0.1) is 0 Å². The lowest BCUT2D eigenvalue weighted by Crippen LogP contribution is -2.06. The Bertz CT molecular complexity index is 206. The van der Waals surface area contributed by atoms with Crippen molar-refractivity contribution in [3.05, 3.63) is 22.4 Å². The molecule has 2 heteroatoms. The van der Waals surface area contributed by atoms with Gasteiger partial charge in [0.2, 0.25) is 0 Å². The van der Waals surface area contributed by atoms with Crippen LogP contribution < -0.4 is 0 Å². The van der Waals surface area contributed by atoms with E-state index in [1.54, 1.807) is 11.3 Å². The first-order valence-corrected chi connectivity index (χ1v) is 5.86. The molecule has 1 rings (SSSR count). The topological polar surface area (TPSA) is 9.23 Å². The number of hydrogen-bond acceptors (Lipinski definition) is 2. The summed E-state index contributed by atoms with van der Waals surface area (Å²) in [6.07, 6.45) is 2.26. The van der Waals surface area contributed by atoms with Crippen molar-refractivity contribution in [2.45, 2.75) is 26.7 Å². The van der Waals surface area contributed by atoms with E-state index in [0.717, 1.165) is 19.6 Å². The van der Waals surface area contributed by atoms with Gasteiger partial charge in [0.15, 0.2) is 0 Å². The van der Waals surface area contributed by atoms with E-state index in [-0.39, 0.29) is 0 Å². The monoisotopic (exact) mass is 198 g/mol. The molecule has 0 saturated heterocycles. The summed E-state index contributed by atoms with van der Waals surface area (Å²) in [4.78, 5) is 0. The van der Waals surface area contributed by atoms with Crippen molar-refractivity contribution >= 4 is 11.3 Å². The highest BCUT2D eigenvalue weighted by molar-refractivity contribution is 7.07. The zero-order valence-corrected chi connectivity index (χ0v) is 9.27. The molecular weight excluding hydrogens is 180 g/mol. The lowest BCUT2D eigenvalue weighted by atomic mass is 10.1. The van der Waals surface area contributed by atoms with Crippen LogP contribution in [0.2, 0.25) is 0 Å². The molecule has 0 aliphatic carbocycles. The minimum absolute atomic E-state index is 0.697. The van der Waals surface area contributed by atoms with Gasteiger partial charge in [0, 0.05) is 6.61 Å². The first-order valence-electron chi connectivity index (χ1n) is 4.91. The highest BCUT2D eigenvalue weighted by Gasteiger charge is 1.98. The van der Waals surface area contributed by atoms with Crippen LogP contribution >= 0.6 is 11.3 Å². The Morgan fingerprint density at radius 3 is 3.00 bits per heavy atom. The number of ether oxygens (including phenoxy) is 1. The normalized spacial score (nSPS) is 13.1. The van der Waals surface area contributed by atoms with E-state index in [4.69, 9.17) is 4.74 Å². The fraction of sp³-hybridized carbons (Fsp3) is 0.636. The molecule has 1 heterocycles. The molecule has 0 aliphatic heterocycles. The number of rotatable bonds is 6. The predicted molar refractivity (Wildman–Crippen MR) is 58.3 cm³/mol. The third-order valence-corrected chi connectivity index (χ3v) is 2.95. The van der Waals surface area contributed by atoms with E-state index in [2.05, 4.69) is 30.7 Å². The lowest BCUT2D eigenvalue weighted by Gasteiger charge is -2.08. The van der Waals surface area contributed by atoms with E-state index in [9.17, 15) is 0 Å². The van der Waals surface area contributed by atoms with Gasteiger partial charge in [-0.25, -0.2) is 0 Å². The van der Waals surface area contributed by atoms with E-state index >= 15 is 0 Å². The summed E-state index contributed by atoms with van der Waals surface area (Å²) < 4.78 is 5.56. The van der Waals surface area contributed by atoms with Gasteiger partial charge >= 0.3 is 0 Å². The molecule has 0 spiro atoms. The standard InChI is InChI=1S/C11H18OS/c1-3-10(2)8-12-6-4-11-5-7-13-9-11/h5,7,9-10H,3-4,6,8H2,1-2H3/t10-/m0/s1. The molecule has 0 saturated carbocycles. The largest absolute Gasteiger partial charge is 0.381 e. The Balaban J connectivity index is 2.02. The Hall–Kier alpha value is -0.340. The molecule has 0 aliphatic rings. The maximum atomic E-state index is 5.56. The third-order valence-electron chi connectivity index (χ3n) is 2.21. The van der Waals surface area contributed by atoms with E-state index in [1.807, 2.05) is 0 Å². The number of thiophene rings is 1. The average Bonchev–Trinajstić information content (AvgIpc) is 2.64. The molecule has 0 radical (unpaired) electrons. The van der Waals surface area contributed by atoms with Crippen LogP contribution in [0.25, 0.3) is 0 Å². The van der Waals surface area contributed by atoms with Crippen LogP contribution in [0.4, 0.5) is 0 Å². The molecular formula is C11H18OS. The molecule has 0 amide bonds. The van der Waals surface area contributed by atoms with Crippen molar-refractivity contribution in [2.75, 3.05) is 13.2 Å². The second kappa shape index (κ2) is 6.17. The van der Waals surface area contributed by atoms with Crippen LogP contribution in [0, 0.1) is 5.92 Å². The van der Waals surface area contributed by atoms with Crippen molar-refractivity contribution in [2.24, 2.45) is 5.92 Å². The van der Waals surface area contributed by atoms with E-state index in [0.29, 0.717) is 5.92 Å². The maximum Gasteiger partial charge on any atom is 0.0506 e. The zero-order valence-electron chi connectivity index (χ0n) is 8.45. The molecule has 0 aromatic carbocycles. The van der Waals surface area contributed by atoms with Crippen LogP contribution in [-0.2, 0) is 11.2 Å². The van der Waals surface area contributed by atoms with Crippen molar-refractivity contribution < 1.29 is 4.74 Å². The quantitative estimate of drug-likeness (QED) is 0.637. The summed E-state index contributed by atoms with van der Waals surface area (Å²) >= 11 is 1.75. The van der Waals surface area contributed by atoms with Crippen molar-refractivity contribution in [3.8, 4) is 0 Å². The van der Waals surface area contributed by atoms with Gasteiger partial charge in [-0.2, -0.15) is 11.3 Å². The van der Waals surface area contributed by atoms with Gasteiger partial charge in [-0.05, 0) is 34.7 Å². The molecule has 13 heavy (non-hydrogen) atoms. The van der Waals surface area contributed by atoms with Crippen LogP contribution in [-0.4, -0.2) is 13.2 Å². The molecule has 0 bridgehead atoms. The zero-order chi connectivity index (χ0) is 9.52. The molecule has 0 N–H and O–H groups in total. The summed E-state index contributed by atoms with van der Waals surface area (Å²) in [6, 6.07) is 2.16. The SMILES string of the molecule is CC[C@H](C)COCCc1ccsc1. The minimum atomic E-state index is 0.697. The summed E-state index contributed by atoms with van der Waals surface area (Å²) in [5, 5.41) is 4.30. The summed E-state index contributed by atoms with van der Waals surface area (Å²) in [5.41, 5.74) is 1.40. The highest BCUT2D eigenvalue weighted by atomic mass is 32.1. The highest BCUT2D eigenvalue weighted by Crippen LogP contribution is 2.07. The second-order valence-electron chi connectivity index (χ2n) is 3.47. The molecule has 0 fully saturated rings. The van der Waals surface area contributed by atoms with Gasteiger partial charge in [0.25, 0.3) is 0 Å². The average molecular weight is 198 g/mol. The lowest BCUT2D eigenvalue weighted by molar-refractivity contribution is 0.106. The van der Waals surface area contributed by atoms with Crippen molar-refractivity contribution in [1.82, 2.24) is 0 Å². The fourth-order valence-corrected chi connectivity index (χ4v) is 1.73. The Labute approximate surface area is 84.7 Å². The van der Waals surface area contributed by atoms with Gasteiger partial charge < -0.3 is 4.74 Å². The van der Waals surface area contributed by atoms with Gasteiger partial charge in [0.05, 0.1) is 6.61 Å². The molecule has 1 atom stereocenters. The fourth-order valence-electron chi connectivity index (χ4n) is 1.03. The van der Waals surface area contributed by atoms with Gasteiger partial charge in [-0.3, -0.25) is 0 Å². The summed E-state index contributed by atoms with van der Waals surface area (Å²) in [6.45, 7) is 6.19. The second-order valence-corrected chi connectivity index (χ2v) is 4.25. The molecule has 1 nitrogen and oxygen atoms in total. The molecule has 0 unspecified atom stereocenters. The van der Waals surface area contributed by atoms with E-state index < -0.39 is 0 Å². The summed E-state index contributed by atoms with van der Waals surface area (Å²) in [7, 11) is 0. The van der Waals surface area contributed by atoms with Crippen LogP contribution in [0.5, 0.6) is 0 Å². The van der Waals surface area contributed by atoms with Crippen molar-refractivity contribution in [3.63, 3.8) is 0 Å². The number of hydrogen-bond donors (Lipinski definition) is 0. The van der Waals surface area contributed by atoms with Crippen LogP contribution in [0.1, 0.15) is 25.8 Å². The molecule has 74 valence electrons. The smallest absolute Gasteiger partial charge is 0.0506 e. The minimum Gasteiger partial charge on any atom is -0.381 e. The first kappa shape index (κ1) is 10.7. The van der Waals surface area contributed by atoms with E-state index in [1.165, 1.54) is 12.0 Å². The Morgan fingerprint density at radius 2 is 2.38 bits per heavy atom. The van der Waals surface area contributed by atoms with Crippen LogP contribution in [0.3, 0.4) is 0 Å².